The maximum atomic E-state index is 10.0. The number of carbonyl (C=O) groups is 1. The van der Waals surface area contributed by atoms with Gasteiger partial charge in [0.2, 0.25) is 0 Å². The van der Waals surface area contributed by atoms with Gasteiger partial charge in [-0.3, -0.25) is 4.79 Å². The molecule has 0 aliphatic carbocycles. The summed E-state index contributed by atoms with van der Waals surface area (Å²) in [5.74, 6) is 0.0648. The van der Waals surface area contributed by atoms with Crippen molar-refractivity contribution in [3.05, 3.63) is 37.6 Å². The predicted octanol–water partition coefficient (Wildman–Crippen LogP) is 3.51. The van der Waals surface area contributed by atoms with Crippen LogP contribution < -0.4 is 0 Å². The van der Waals surface area contributed by atoms with Crippen LogP contribution in [0.5, 0.6) is 0 Å². The zero-order valence-corrected chi connectivity index (χ0v) is 9.80. The van der Waals surface area contributed by atoms with E-state index in [1.165, 1.54) is 13.2 Å². The number of ketones is 1. The summed E-state index contributed by atoms with van der Waals surface area (Å²) in [7, 11) is 1.56. The molecule has 0 heterocycles. The van der Waals surface area contributed by atoms with Crippen LogP contribution in [0.25, 0.3) is 0 Å². The van der Waals surface area contributed by atoms with E-state index in [9.17, 15) is 4.79 Å². The lowest BCUT2D eigenvalue weighted by Gasteiger charge is -1.80. The molecule has 2 heteroatoms. The van der Waals surface area contributed by atoms with Crippen molar-refractivity contribution in [2.45, 2.75) is 27.2 Å². The van der Waals surface area contributed by atoms with E-state index in [1.807, 2.05) is 6.08 Å². The van der Waals surface area contributed by atoms with Gasteiger partial charge >= 0.3 is 0 Å². The smallest absolute Gasteiger partial charge is 0.154 e. The van der Waals surface area contributed by atoms with Gasteiger partial charge in [-0.2, -0.15) is 0 Å². The molecule has 0 unspecified atom stereocenters. The van der Waals surface area contributed by atoms with Crippen molar-refractivity contribution in [2.75, 3.05) is 7.11 Å². The maximum Gasteiger partial charge on any atom is 0.154 e. The molecule has 0 aromatic carbocycles. The second kappa shape index (κ2) is 17.7. The van der Waals surface area contributed by atoms with Crippen LogP contribution in [0.3, 0.4) is 0 Å². The number of hydrogen-bond donors (Lipinski definition) is 0. The van der Waals surface area contributed by atoms with Gasteiger partial charge in [-0.25, -0.2) is 0 Å². The molecule has 0 saturated carbocycles. The van der Waals surface area contributed by atoms with Gasteiger partial charge in [0.15, 0.2) is 5.78 Å². The molecule has 14 heavy (non-hydrogen) atoms. The molecule has 0 aliphatic heterocycles. The number of rotatable bonds is 3. The van der Waals surface area contributed by atoms with Crippen LogP contribution in [-0.4, -0.2) is 12.9 Å². The summed E-state index contributed by atoms with van der Waals surface area (Å²) in [6, 6.07) is 0. The lowest BCUT2D eigenvalue weighted by molar-refractivity contribution is -0.113. The molecule has 0 aliphatic rings. The first-order chi connectivity index (χ1) is 6.47. The van der Waals surface area contributed by atoms with Crippen LogP contribution in [0, 0.1) is 0 Å². The Bertz CT molecular complexity index is 149. The summed E-state index contributed by atoms with van der Waals surface area (Å²) in [5, 5.41) is 0. The van der Waals surface area contributed by atoms with Gasteiger partial charge in [-0.05, 0) is 25.8 Å². The third-order valence-corrected chi connectivity index (χ3v) is 1.06. The summed E-state index contributed by atoms with van der Waals surface area (Å²) in [5.41, 5.74) is 0.620. The summed E-state index contributed by atoms with van der Waals surface area (Å²) in [6.07, 6.45) is 4.33. The van der Waals surface area contributed by atoms with Crippen molar-refractivity contribution in [3.8, 4) is 0 Å². The van der Waals surface area contributed by atoms with Crippen LogP contribution in [0.1, 0.15) is 27.2 Å². The third kappa shape index (κ3) is 45.6. The molecule has 0 bridgehead atoms. The Morgan fingerprint density at radius 2 is 1.57 bits per heavy atom. The van der Waals surface area contributed by atoms with E-state index < -0.39 is 0 Å². The predicted molar refractivity (Wildman–Crippen MR) is 63.2 cm³/mol. The van der Waals surface area contributed by atoms with Crippen molar-refractivity contribution in [1.82, 2.24) is 0 Å². The number of methoxy groups -OCH3 is 1. The molecule has 0 radical (unpaired) electrons. The van der Waals surface area contributed by atoms with Gasteiger partial charge in [-0.15, -0.1) is 6.58 Å². The second-order valence-electron chi connectivity index (χ2n) is 2.44. The quantitative estimate of drug-likeness (QED) is 0.394. The topological polar surface area (TPSA) is 26.3 Å². The van der Waals surface area contributed by atoms with Gasteiger partial charge in [0.25, 0.3) is 0 Å². The van der Waals surface area contributed by atoms with Crippen molar-refractivity contribution in [1.29, 1.82) is 0 Å². The van der Waals surface area contributed by atoms with Gasteiger partial charge in [-0.1, -0.05) is 26.2 Å². The molecule has 0 aromatic heterocycles. The highest BCUT2D eigenvalue weighted by molar-refractivity contribution is 5.91. The van der Waals surface area contributed by atoms with Crippen LogP contribution in [0.15, 0.2) is 37.6 Å². The molecule has 0 N–H and O–H groups in total. The summed E-state index contributed by atoms with van der Waals surface area (Å²) in [4.78, 5) is 10.0. The van der Waals surface area contributed by atoms with Gasteiger partial charge in [0.1, 0.15) is 0 Å². The molecule has 0 atom stereocenters. The average molecular weight is 198 g/mol. The van der Waals surface area contributed by atoms with Crippen molar-refractivity contribution < 1.29 is 9.53 Å². The molecule has 82 valence electrons. The minimum atomic E-state index is 0.0648. The molecule has 0 amide bonds. The molecule has 0 spiro atoms. The normalized spacial score (nSPS) is 6.57. The summed E-state index contributed by atoms with van der Waals surface area (Å²) >= 11 is 0. The standard InChI is InChI=1S/C5H8O.C4H8.C3H6O/c1-4(2)5(3)6;2*1-3-4-2/h1H2,2-3H3;3H,1,4H2,2H3;3H,1H2,2H3. The highest BCUT2D eigenvalue weighted by atomic mass is 16.5. The Balaban J connectivity index is -0.000000135. The second-order valence-corrected chi connectivity index (χ2v) is 2.44. The Morgan fingerprint density at radius 1 is 1.36 bits per heavy atom. The summed E-state index contributed by atoms with van der Waals surface area (Å²) < 4.78 is 4.31. The van der Waals surface area contributed by atoms with Gasteiger partial charge < -0.3 is 4.74 Å². The van der Waals surface area contributed by atoms with Crippen LogP contribution in [0.4, 0.5) is 0 Å². The highest BCUT2D eigenvalue weighted by Crippen LogP contribution is 1.84. The Hall–Kier alpha value is -1.31. The van der Waals surface area contributed by atoms with E-state index in [0.29, 0.717) is 5.57 Å². The van der Waals surface area contributed by atoms with E-state index in [0.717, 1.165) is 6.42 Å². The minimum Gasteiger partial charge on any atom is -0.505 e. The monoisotopic (exact) mass is 198 g/mol. The molecule has 0 aromatic rings. The Labute approximate surface area is 88.0 Å². The van der Waals surface area contributed by atoms with E-state index >= 15 is 0 Å². The molecule has 2 nitrogen and oxygen atoms in total. The van der Waals surface area contributed by atoms with Crippen LogP contribution in [-0.2, 0) is 9.53 Å². The minimum absolute atomic E-state index is 0.0648. The van der Waals surface area contributed by atoms with Gasteiger partial charge in [0.05, 0.1) is 13.4 Å². The fourth-order valence-corrected chi connectivity index (χ4v) is 0. The fourth-order valence-electron chi connectivity index (χ4n) is 0. The maximum absolute atomic E-state index is 10.0. The first-order valence-electron chi connectivity index (χ1n) is 4.38. The van der Waals surface area contributed by atoms with Crippen molar-refractivity contribution in [3.63, 3.8) is 0 Å². The average Bonchev–Trinajstić information content (AvgIpc) is 2.18. The zero-order chi connectivity index (χ0) is 12.0. The largest absolute Gasteiger partial charge is 0.505 e. The van der Waals surface area contributed by atoms with Crippen molar-refractivity contribution >= 4 is 5.78 Å². The molecular weight excluding hydrogens is 176 g/mol. The Kier molecular flexibility index (Phi) is 23.3. The molecule has 0 fully saturated rings. The lowest BCUT2D eigenvalue weighted by atomic mass is 10.3. The van der Waals surface area contributed by atoms with E-state index in [-0.39, 0.29) is 5.78 Å². The first-order valence-corrected chi connectivity index (χ1v) is 4.38. The number of ether oxygens (including phenoxy) is 1. The van der Waals surface area contributed by atoms with E-state index in [2.05, 4.69) is 31.4 Å². The van der Waals surface area contributed by atoms with Crippen molar-refractivity contribution in [2.24, 2.45) is 0 Å². The van der Waals surface area contributed by atoms with Crippen LogP contribution in [0.2, 0.25) is 0 Å². The highest BCUT2D eigenvalue weighted by Gasteiger charge is 1.85. The van der Waals surface area contributed by atoms with Gasteiger partial charge in [0, 0.05) is 0 Å². The molecule has 0 saturated heterocycles. The third-order valence-electron chi connectivity index (χ3n) is 1.06. The summed E-state index contributed by atoms with van der Waals surface area (Å²) in [6.45, 7) is 15.4. The SMILES string of the molecule is C=C(C)C(C)=O.C=CCC.C=COC. The zero-order valence-electron chi connectivity index (χ0n) is 9.80. The number of allylic oxidation sites excluding steroid dienone is 2. The molecular formula is C12H22O2. The lowest BCUT2D eigenvalue weighted by Crippen LogP contribution is -1.86. The first kappa shape index (κ1) is 18.5. The molecule has 0 rings (SSSR count). The van der Waals surface area contributed by atoms with E-state index in [1.54, 1.807) is 14.0 Å². The Morgan fingerprint density at radius 3 is 1.57 bits per heavy atom. The number of hydrogen-bond acceptors (Lipinski definition) is 2. The fraction of sp³-hybridized carbons (Fsp3) is 0.417. The van der Waals surface area contributed by atoms with E-state index in [4.69, 9.17) is 0 Å². The van der Waals surface area contributed by atoms with Crippen LogP contribution >= 0.6 is 0 Å². The number of Topliss-reactive ketones (excluding diaryl/α,β-unsaturated/α-hetero) is 1. The number of carbonyl (C=O) groups excluding carboxylic acids is 1.